The van der Waals surface area contributed by atoms with E-state index in [0.29, 0.717) is 6.61 Å². The molecular formula is C14H19N3O2S. The Bertz CT molecular complexity index is 513. The summed E-state index contributed by atoms with van der Waals surface area (Å²) >= 11 is 1.56. The van der Waals surface area contributed by atoms with E-state index >= 15 is 0 Å². The summed E-state index contributed by atoms with van der Waals surface area (Å²) in [5.74, 6) is 0.362. The molecule has 3 heterocycles. The van der Waals surface area contributed by atoms with Crippen LogP contribution in [-0.4, -0.2) is 30.6 Å². The second kappa shape index (κ2) is 4.79. The van der Waals surface area contributed by atoms with Crippen LogP contribution in [0.3, 0.4) is 0 Å². The number of thiazole rings is 1. The summed E-state index contributed by atoms with van der Waals surface area (Å²) < 4.78 is 5.41. The lowest BCUT2D eigenvalue weighted by Crippen LogP contribution is -2.31. The number of fused-ring (bicyclic) bond motifs is 1. The zero-order chi connectivity index (χ0) is 13.6. The van der Waals surface area contributed by atoms with Gasteiger partial charge in [-0.05, 0) is 37.8 Å². The van der Waals surface area contributed by atoms with Crippen molar-refractivity contribution in [3.8, 4) is 0 Å². The molecule has 1 spiro atoms. The van der Waals surface area contributed by atoms with Crippen molar-refractivity contribution in [2.24, 2.45) is 11.3 Å². The maximum Gasteiger partial charge on any atom is 0.229 e. The van der Waals surface area contributed by atoms with Gasteiger partial charge in [0, 0.05) is 12.3 Å². The minimum Gasteiger partial charge on any atom is -0.375 e. The van der Waals surface area contributed by atoms with Crippen LogP contribution in [0.2, 0.25) is 0 Å². The molecule has 1 saturated heterocycles. The molecule has 1 aromatic rings. The quantitative estimate of drug-likeness (QED) is 0.868. The molecule has 3 aliphatic rings. The molecular weight excluding hydrogens is 274 g/mol. The van der Waals surface area contributed by atoms with Gasteiger partial charge in [-0.15, -0.1) is 0 Å². The number of nitrogens with one attached hydrogen (secondary N) is 2. The zero-order valence-corrected chi connectivity index (χ0v) is 12.2. The summed E-state index contributed by atoms with van der Waals surface area (Å²) in [6.45, 7) is 3.48. The van der Waals surface area contributed by atoms with Crippen LogP contribution in [0.4, 0.5) is 5.13 Å². The van der Waals surface area contributed by atoms with Crippen molar-refractivity contribution in [1.82, 2.24) is 10.3 Å². The number of hydrogen-bond donors (Lipinski definition) is 2. The third-order valence-corrected chi connectivity index (χ3v) is 5.82. The maximum absolute atomic E-state index is 12.4. The summed E-state index contributed by atoms with van der Waals surface area (Å²) in [5.41, 5.74) is 1.39. The van der Waals surface area contributed by atoms with Gasteiger partial charge < -0.3 is 15.4 Å². The first-order valence-electron chi connectivity index (χ1n) is 7.35. The Labute approximate surface area is 122 Å². The van der Waals surface area contributed by atoms with E-state index in [9.17, 15) is 4.79 Å². The molecule has 20 heavy (non-hydrogen) atoms. The van der Waals surface area contributed by atoms with Crippen LogP contribution in [0.15, 0.2) is 0 Å². The lowest BCUT2D eigenvalue weighted by atomic mass is 9.92. The standard InChI is InChI=1S/C14H19N3O2S/c18-12(9-7-14(9)2-4-15-5-3-14)17-13-16-10-1-6-19-8-11(10)20-13/h9,15H,1-8H2,(H,16,17,18). The Morgan fingerprint density at radius 2 is 2.30 bits per heavy atom. The van der Waals surface area contributed by atoms with E-state index < -0.39 is 0 Å². The molecule has 6 heteroatoms. The number of amides is 1. The molecule has 1 atom stereocenters. The van der Waals surface area contributed by atoms with Gasteiger partial charge in [-0.3, -0.25) is 4.79 Å². The van der Waals surface area contributed by atoms with Gasteiger partial charge in [-0.2, -0.15) is 0 Å². The van der Waals surface area contributed by atoms with Crippen LogP contribution in [0.25, 0.3) is 0 Å². The van der Waals surface area contributed by atoms with E-state index in [0.717, 1.165) is 56.2 Å². The highest BCUT2D eigenvalue weighted by Crippen LogP contribution is 2.58. The number of ether oxygens (including phenoxy) is 1. The Hall–Kier alpha value is -0.980. The molecule has 1 saturated carbocycles. The van der Waals surface area contributed by atoms with E-state index in [2.05, 4.69) is 15.6 Å². The SMILES string of the molecule is O=C(Nc1nc2c(s1)COCC2)C1CC12CCNCC2. The first-order valence-corrected chi connectivity index (χ1v) is 8.16. The van der Waals surface area contributed by atoms with E-state index in [-0.39, 0.29) is 17.2 Å². The van der Waals surface area contributed by atoms with Gasteiger partial charge in [0.1, 0.15) is 0 Å². The summed E-state index contributed by atoms with van der Waals surface area (Å²) in [4.78, 5) is 18.1. The van der Waals surface area contributed by atoms with Crippen molar-refractivity contribution in [2.75, 3.05) is 25.0 Å². The van der Waals surface area contributed by atoms with Gasteiger partial charge in [0.15, 0.2) is 5.13 Å². The number of hydrogen-bond acceptors (Lipinski definition) is 5. The summed E-state index contributed by atoms with van der Waals surface area (Å²) in [6, 6.07) is 0. The first kappa shape index (κ1) is 12.7. The molecule has 1 aliphatic carbocycles. The highest BCUT2D eigenvalue weighted by atomic mass is 32.1. The van der Waals surface area contributed by atoms with Crippen molar-refractivity contribution < 1.29 is 9.53 Å². The van der Waals surface area contributed by atoms with Crippen molar-refractivity contribution in [3.63, 3.8) is 0 Å². The average molecular weight is 293 g/mol. The first-order chi connectivity index (χ1) is 9.77. The predicted molar refractivity (Wildman–Crippen MR) is 76.7 cm³/mol. The molecule has 1 amide bonds. The largest absolute Gasteiger partial charge is 0.375 e. The fourth-order valence-corrected chi connectivity index (χ4v) is 4.42. The number of piperidine rings is 1. The molecule has 0 bridgehead atoms. The fraction of sp³-hybridized carbons (Fsp3) is 0.714. The molecule has 2 fully saturated rings. The molecule has 1 unspecified atom stereocenters. The summed E-state index contributed by atoms with van der Waals surface area (Å²) in [5, 5.41) is 7.14. The molecule has 4 rings (SSSR count). The fourth-order valence-electron chi connectivity index (χ4n) is 3.47. The molecule has 2 N–H and O–H groups in total. The van der Waals surface area contributed by atoms with Gasteiger partial charge in [0.05, 0.1) is 23.8 Å². The minimum atomic E-state index is 0.166. The van der Waals surface area contributed by atoms with Crippen molar-refractivity contribution in [2.45, 2.75) is 32.3 Å². The van der Waals surface area contributed by atoms with Crippen LogP contribution in [-0.2, 0) is 22.6 Å². The van der Waals surface area contributed by atoms with E-state index in [1.54, 1.807) is 11.3 Å². The average Bonchev–Trinajstić information content (AvgIpc) is 2.99. The van der Waals surface area contributed by atoms with Crippen LogP contribution in [0.1, 0.15) is 29.8 Å². The minimum absolute atomic E-state index is 0.166. The Morgan fingerprint density at radius 1 is 1.45 bits per heavy atom. The van der Waals surface area contributed by atoms with Gasteiger partial charge >= 0.3 is 0 Å². The van der Waals surface area contributed by atoms with Gasteiger partial charge in [0.2, 0.25) is 5.91 Å². The monoisotopic (exact) mass is 293 g/mol. The molecule has 108 valence electrons. The van der Waals surface area contributed by atoms with E-state index in [1.807, 2.05) is 0 Å². The maximum atomic E-state index is 12.4. The van der Waals surface area contributed by atoms with E-state index in [4.69, 9.17) is 4.74 Å². The smallest absolute Gasteiger partial charge is 0.229 e. The second-order valence-corrected chi connectivity index (χ2v) is 7.13. The van der Waals surface area contributed by atoms with Crippen LogP contribution in [0.5, 0.6) is 0 Å². The normalized spacial score (nSPS) is 27.1. The number of carbonyl (C=O) groups excluding carboxylic acids is 1. The van der Waals surface area contributed by atoms with Crippen LogP contribution < -0.4 is 10.6 Å². The predicted octanol–water partition coefficient (Wildman–Crippen LogP) is 1.54. The topological polar surface area (TPSA) is 63.2 Å². The number of nitrogens with zero attached hydrogens (tertiary/aromatic N) is 1. The number of rotatable bonds is 2. The molecule has 2 aliphatic heterocycles. The van der Waals surface area contributed by atoms with Crippen molar-refractivity contribution in [1.29, 1.82) is 0 Å². The lowest BCUT2D eigenvalue weighted by molar-refractivity contribution is -0.118. The molecule has 0 aromatic carbocycles. The van der Waals surface area contributed by atoms with Crippen molar-refractivity contribution >= 4 is 22.4 Å². The lowest BCUT2D eigenvalue weighted by Gasteiger charge is -2.22. The number of aromatic nitrogens is 1. The Kier molecular flexibility index (Phi) is 3.05. The number of carbonyl (C=O) groups is 1. The van der Waals surface area contributed by atoms with Gasteiger partial charge in [0.25, 0.3) is 0 Å². The highest BCUT2D eigenvalue weighted by molar-refractivity contribution is 7.15. The van der Waals surface area contributed by atoms with Crippen molar-refractivity contribution in [3.05, 3.63) is 10.6 Å². The third-order valence-electron chi connectivity index (χ3n) is 4.83. The third kappa shape index (κ3) is 2.16. The summed E-state index contributed by atoms with van der Waals surface area (Å²) in [7, 11) is 0. The Morgan fingerprint density at radius 3 is 3.10 bits per heavy atom. The molecule has 5 nitrogen and oxygen atoms in total. The molecule has 1 aromatic heterocycles. The molecule has 0 radical (unpaired) electrons. The zero-order valence-electron chi connectivity index (χ0n) is 11.4. The van der Waals surface area contributed by atoms with E-state index in [1.165, 1.54) is 4.88 Å². The highest BCUT2D eigenvalue weighted by Gasteiger charge is 2.57. The number of anilines is 1. The van der Waals surface area contributed by atoms with Crippen LogP contribution >= 0.6 is 11.3 Å². The van der Waals surface area contributed by atoms with Gasteiger partial charge in [-0.25, -0.2) is 4.98 Å². The van der Waals surface area contributed by atoms with Gasteiger partial charge in [-0.1, -0.05) is 11.3 Å². The Balaban J connectivity index is 1.42. The van der Waals surface area contributed by atoms with Crippen LogP contribution in [0, 0.1) is 11.3 Å². The summed E-state index contributed by atoms with van der Waals surface area (Å²) in [6.07, 6.45) is 4.18. The second-order valence-electron chi connectivity index (χ2n) is 6.05.